The minimum absolute atomic E-state index is 0.121. The van der Waals surface area contributed by atoms with Crippen molar-refractivity contribution in [1.82, 2.24) is 9.55 Å². The van der Waals surface area contributed by atoms with Crippen molar-refractivity contribution in [2.45, 2.75) is 26.5 Å². The van der Waals surface area contributed by atoms with Gasteiger partial charge in [0, 0.05) is 18.1 Å². The van der Waals surface area contributed by atoms with Crippen LogP contribution < -0.4 is 15.8 Å². The fourth-order valence-corrected chi connectivity index (χ4v) is 2.51. The van der Waals surface area contributed by atoms with Gasteiger partial charge in [-0.2, -0.15) is 0 Å². The van der Waals surface area contributed by atoms with Gasteiger partial charge in [-0.05, 0) is 55.8 Å². The number of nitrogens with zero attached hydrogens (tertiary/aromatic N) is 3. The Morgan fingerprint density at radius 2 is 2.04 bits per heavy atom. The van der Waals surface area contributed by atoms with Crippen LogP contribution in [0.5, 0.6) is 5.75 Å². The Bertz CT molecular complexity index is 905. The molecule has 140 valence electrons. The third-order valence-electron chi connectivity index (χ3n) is 3.73. The van der Waals surface area contributed by atoms with Crippen LogP contribution in [-0.4, -0.2) is 21.6 Å². The number of nitrogens with two attached hydrogens (primary N) is 1. The van der Waals surface area contributed by atoms with Gasteiger partial charge in [0.1, 0.15) is 11.6 Å². The van der Waals surface area contributed by atoms with Gasteiger partial charge in [0.15, 0.2) is 5.96 Å². The first-order chi connectivity index (χ1) is 13.0. The maximum atomic E-state index is 14.3. The highest BCUT2D eigenvalue weighted by Crippen LogP contribution is 2.17. The SMILES string of the molecule is CC(C)Oc1ccc(NC(N)=NCc2ccc(-n3ccnc3)c(F)c2)cc1. The maximum Gasteiger partial charge on any atom is 0.193 e. The molecule has 3 rings (SSSR count). The minimum Gasteiger partial charge on any atom is -0.491 e. The number of hydrogen-bond donors (Lipinski definition) is 2. The van der Waals surface area contributed by atoms with Crippen molar-refractivity contribution in [2.24, 2.45) is 10.7 Å². The Labute approximate surface area is 157 Å². The van der Waals surface area contributed by atoms with Crippen LogP contribution in [0.25, 0.3) is 5.69 Å². The lowest BCUT2D eigenvalue weighted by atomic mass is 10.2. The Morgan fingerprint density at radius 1 is 1.26 bits per heavy atom. The van der Waals surface area contributed by atoms with E-state index >= 15 is 0 Å². The van der Waals surface area contributed by atoms with Crippen LogP contribution in [0.3, 0.4) is 0 Å². The molecule has 3 aromatic rings. The Morgan fingerprint density at radius 3 is 2.67 bits per heavy atom. The molecule has 1 heterocycles. The molecule has 0 unspecified atom stereocenters. The predicted molar refractivity (Wildman–Crippen MR) is 105 cm³/mol. The summed E-state index contributed by atoms with van der Waals surface area (Å²) in [6.45, 7) is 4.22. The molecule has 0 bridgehead atoms. The number of rotatable bonds is 6. The first kappa shape index (κ1) is 18.4. The molecular weight excluding hydrogens is 345 g/mol. The second kappa shape index (κ2) is 8.35. The molecule has 27 heavy (non-hydrogen) atoms. The second-order valence-corrected chi connectivity index (χ2v) is 6.27. The summed E-state index contributed by atoms with van der Waals surface area (Å²) in [5, 5.41) is 3.01. The van der Waals surface area contributed by atoms with Crippen LogP contribution in [0.1, 0.15) is 19.4 Å². The van der Waals surface area contributed by atoms with Gasteiger partial charge in [0.25, 0.3) is 0 Å². The van der Waals surface area contributed by atoms with Crippen molar-refractivity contribution in [3.05, 3.63) is 72.6 Å². The summed E-state index contributed by atoms with van der Waals surface area (Å²) in [4.78, 5) is 8.18. The number of aromatic nitrogens is 2. The first-order valence-corrected chi connectivity index (χ1v) is 8.61. The zero-order valence-electron chi connectivity index (χ0n) is 15.3. The van der Waals surface area contributed by atoms with E-state index < -0.39 is 0 Å². The highest BCUT2D eigenvalue weighted by Gasteiger charge is 2.05. The number of guanidine groups is 1. The van der Waals surface area contributed by atoms with E-state index in [1.165, 1.54) is 6.07 Å². The van der Waals surface area contributed by atoms with Crippen LogP contribution in [-0.2, 0) is 6.54 Å². The van der Waals surface area contributed by atoms with E-state index in [4.69, 9.17) is 10.5 Å². The van der Waals surface area contributed by atoms with Crippen molar-refractivity contribution in [3.8, 4) is 11.4 Å². The van der Waals surface area contributed by atoms with Gasteiger partial charge in [-0.15, -0.1) is 0 Å². The molecule has 0 amide bonds. The van der Waals surface area contributed by atoms with Crippen molar-refractivity contribution in [2.75, 3.05) is 5.32 Å². The number of halogens is 1. The minimum atomic E-state index is -0.340. The maximum absolute atomic E-state index is 14.3. The summed E-state index contributed by atoms with van der Waals surface area (Å²) in [6.07, 6.45) is 4.97. The summed E-state index contributed by atoms with van der Waals surface area (Å²) in [5.74, 6) is 0.708. The van der Waals surface area contributed by atoms with Gasteiger partial charge in [0.2, 0.25) is 0 Å². The lowest BCUT2D eigenvalue weighted by molar-refractivity contribution is 0.242. The summed E-state index contributed by atoms with van der Waals surface area (Å²) in [5.41, 5.74) is 7.88. The quantitative estimate of drug-likeness (QED) is 0.514. The monoisotopic (exact) mass is 367 g/mol. The van der Waals surface area contributed by atoms with Crippen molar-refractivity contribution in [1.29, 1.82) is 0 Å². The number of hydrogen-bond acceptors (Lipinski definition) is 3. The molecule has 0 fully saturated rings. The number of aliphatic imine (C=N–C) groups is 1. The fraction of sp³-hybridized carbons (Fsp3) is 0.200. The number of ether oxygens (including phenoxy) is 1. The van der Waals surface area contributed by atoms with Gasteiger partial charge in [-0.1, -0.05) is 6.07 Å². The third kappa shape index (κ3) is 5.07. The largest absolute Gasteiger partial charge is 0.491 e. The van der Waals surface area contributed by atoms with Gasteiger partial charge < -0.3 is 20.4 Å². The zero-order valence-corrected chi connectivity index (χ0v) is 15.3. The topological polar surface area (TPSA) is 77.5 Å². The third-order valence-corrected chi connectivity index (χ3v) is 3.73. The number of nitrogens with one attached hydrogen (secondary N) is 1. The van der Waals surface area contributed by atoms with Crippen LogP contribution in [0.15, 0.2) is 66.2 Å². The lowest BCUT2D eigenvalue weighted by Gasteiger charge is -2.11. The van der Waals surface area contributed by atoms with Crippen LogP contribution in [0, 0.1) is 5.82 Å². The van der Waals surface area contributed by atoms with Gasteiger partial charge in [-0.3, -0.25) is 0 Å². The van der Waals surface area contributed by atoms with Gasteiger partial charge in [0.05, 0.1) is 24.7 Å². The molecule has 0 radical (unpaired) electrons. The van der Waals surface area contributed by atoms with E-state index in [0.29, 0.717) is 5.69 Å². The highest BCUT2D eigenvalue weighted by molar-refractivity contribution is 5.92. The molecule has 2 aromatic carbocycles. The average Bonchev–Trinajstić information content (AvgIpc) is 3.16. The lowest BCUT2D eigenvalue weighted by Crippen LogP contribution is -2.22. The number of imidazole rings is 1. The predicted octanol–water partition coefficient (Wildman–Crippen LogP) is 3.73. The summed E-state index contributed by atoms with van der Waals surface area (Å²) in [7, 11) is 0. The first-order valence-electron chi connectivity index (χ1n) is 8.61. The van der Waals surface area contributed by atoms with Gasteiger partial charge in [-0.25, -0.2) is 14.4 Å². The molecule has 0 saturated carbocycles. The van der Waals surface area contributed by atoms with E-state index in [0.717, 1.165) is 17.0 Å². The molecule has 0 saturated heterocycles. The molecular formula is C20H22FN5O. The smallest absolute Gasteiger partial charge is 0.193 e. The molecule has 6 nitrogen and oxygen atoms in total. The molecule has 7 heteroatoms. The molecule has 0 atom stereocenters. The number of anilines is 1. The van der Waals surface area contributed by atoms with E-state index in [-0.39, 0.29) is 24.4 Å². The number of benzene rings is 2. The van der Waals surface area contributed by atoms with E-state index in [2.05, 4.69) is 15.3 Å². The van der Waals surface area contributed by atoms with E-state index in [1.54, 1.807) is 29.4 Å². The summed E-state index contributed by atoms with van der Waals surface area (Å²) < 4.78 is 21.5. The standard InChI is InChI=1S/C20H22FN5O/c1-14(2)27-17-6-4-16(5-7-17)25-20(22)24-12-15-3-8-19(18(21)11-15)26-10-9-23-13-26/h3-11,13-14H,12H2,1-2H3,(H3,22,24,25). The van der Waals surface area contributed by atoms with Crippen LogP contribution in [0.2, 0.25) is 0 Å². The van der Waals surface area contributed by atoms with Crippen molar-refractivity contribution in [3.63, 3.8) is 0 Å². The highest BCUT2D eigenvalue weighted by atomic mass is 19.1. The van der Waals surface area contributed by atoms with Crippen molar-refractivity contribution < 1.29 is 9.13 Å². The van der Waals surface area contributed by atoms with E-state index in [9.17, 15) is 4.39 Å². The average molecular weight is 367 g/mol. The fourth-order valence-electron chi connectivity index (χ4n) is 2.51. The normalized spacial score (nSPS) is 11.6. The Hall–Kier alpha value is -3.35. The molecule has 1 aromatic heterocycles. The van der Waals surface area contributed by atoms with Crippen LogP contribution in [0.4, 0.5) is 10.1 Å². The molecule has 0 spiro atoms. The zero-order chi connectivity index (χ0) is 19.2. The Balaban J connectivity index is 1.61. The summed E-state index contributed by atoms with van der Waals surface area (Å²) in [6, 6.07) is 12.4. The molecule has 3 N–H and O–H groups in total. The van der Waals surface area contributed by atoms with E-state index in [1.807, 2.05) is 44.2 Å². The molecule has 0 aliphatic rings. The second-order valence-electron chi connectivity index (χ2n) is 6.27. The Kier molecular flexibility index (Phi) is 5.71. The molecule has 0 aliphatic heterocycles. The van der Waals surface area contributed by atoms with Crippen molar-refractivity contribution >= 4 is 11.6 Å². The van der Waals surface area contributed by atoms with Gasteiger partial charge >= 0.3 is 0 Å². The van der Waals surface area contributed by atoms with Crippen LogP contribution >= 0.6 is 0 Å². The molecule has 0 aliphatic carbocycles. The summed E-state index contributed by atoms with van der Waals surface area (Å²) >= 11 is 0.